The minimum Gasteiger partial charge on any atom is -0.312 e. The first-order chi connectivity index (χ1) is 8.03. The van der Waals surface area contributed by atoms with Gasteiger partial charge in [-0.3, -0.25) is 0 Å². The molecule has 0 aliphatic heterocycles. The summed E-state index contributed by atoms with van der Waals surface area (Å²) in [6.45, 7) is 0. The van der Waals surface area contributed by atoms with Crippen LogP contribution in [-0.4, -0.2) is 13.0 Å². The molecule has 1 aromatic heterocycles. The average molecular weight is 324 g/mol. The van der Waals surface area contributed by atoms with Gasteiger partial charge >= 0.3 is 0 Å². The van der Waals surface area contributed by atoms with E-state index in [9.17, 15) is 8.78 Å². The highest BCUT2D eigenvalue weighted by Gasteiger charge is 2.38. The summed E-state index contributed by atoms with van der Waals surface area (Å²) in [4.78, 5) is 1.22. The molecule has 0 amide bonds. The minimum atomic E-state index is -2.44. The van der Waals surface area contributed by atoms with Gasteiger partial charge in [-0.15, -0.1) is 11.3 Å². The van der Waals surface area contributed by atoms with Gasteiger partial charge in [0, 0.05) is 28.2 Å². The van der Waals surface area contributed by atoms with Gasteiger partial charge in [0.15, 0.2) is 0 Å². The molecule has 0 bridgehead atoms. The molecule has 5 heteroatoms. The number of thiophene rings is 1. The van der Waals surface area contributed by atoms with E-state index >= 15 is 0 Å². The van der Waals surface area contributed by atoms with Gasteiger partial charge in [0.1, 0.15) is 0 Å². The molecule has 1 aromatic rings. The van der Waals surface area contributed by atoms with Crippen LogP contribution in [0.2, 0.25) is 0 Å². The quantitative estimate of drug-likeness (QED) is 0.857. The van der Waals surface area contributed by atoms with Crippen LogP contribution in [-0.2, 0) is 0 Å². The molecule has 1 aliphatic rings. The van der Waals surface area contributed by atoms with Crippen LogP contribution in [0.15, 0.2) is 15.9 Å². The van der Waals surface area contributed by atoms with E-state index in [1.165, 1.54) is 4.88 Å². The van der Waals surface area contributed by atoms with Crippen molar-refractivity contribution in [3.63, 3.8) is 0 Å². The van der Waals surface area contributed by atoms with Gasteiger partial charge in [0.25, 0.3) is 0 Å². The van der Waals surface area contributed by atoms with E-state index in [0.717, 1.165) is 4.47 Å². The molecule has 1 aliphatic carbocycles. The Bertz CT molecular complexity index is 370. The van der Waals surface area contributed by atoms with Gasteiger partial charge in [-0.1, -0.05) is 0 Å². The Labute approximate surface area is 113 Å². The predicted molar refractivity (Wildman–Crippen MR) is 70.7 cm³/mol. The second-order valence-electron chi connectivity index (χ2n) is 4.59. The Kier molecular flexibility index (Phi) is 4.21. The maximum absolute atomic E-state index is 13.1. The van der Waals surface area contributed by atoms with Crippen molar-refractivity contribution in [1.29, 1.82) is 0 Å². The van der Waals surface area contributed by atoms with Gasteiger partial charge in [-0.2, -0.15) is 0 Å². The van der Waals surface area contributed by atoms with Crippen molar-refractivity contribution >= 4 is 27.3 Å². The average Bonchev–Trinajstić information content (AvgIpc) is 2.69. The molecule has 1 heterocycles. The summed E-state index contributed by atoms with van der Waals surface area (Å²) < 4.78 is 27.4. The molecular formula is C12H16BrF2NS. The largest absolute Gasteiger partial charge is 0.312 e. The number of halogens is 3. The molecule has 1 atom stereocenters. The van der Waals surface area contributed by atoms with Gasteiger partial charge < -0.3 is 5.32 Å². The first kappa shape index (κ1) is 13.4. The van der Waals surface area contributed by atoms with E-state index in [2.05, 4.69) is 21.2 Å². The van der Waals surface area contributed by atoms with Crippen molar-refractivity contribution < 1.29 is 8.78 Å². The second-order valence-corrected chi connectivity index (χ2v) is 6.39. The molecule has 0 radical (unpaired) electrons. The molecule has 0 spiro atoms. The first-order valence-corrected chi connectivity index (χ1v) is 7.49. The summed E-state index contributed by atoms with van der Waals surface area (Å²) in [5, 5.41) is 5.31. The van der Waals surface area contributed by atoms with E-state index in [1.54, 1.807) is 11.3 Å². The van der Waals surface area contributed by atoms with Crippen molar-refractivity contribution in [3.8, 4) is 0 Å². The van der Waals surface area contributed by atoms with Crippen LogP contribution in [0.5, 0.6) is 0 Å². The van der Waals surface area contributed by atoms with Gasteiger partial charge in [0.2, 0.25) is 5.92 Å². The van der Waals surface area contributed by atoms with Crippen LogP contribution in [0.4, 0.5) is 8.78 Å². The zero-order valence-electron chi connectivity index (χ0n) is 9.68. The summed E-state index contributed by atoms with van der Waals surface area (Å²) in [7, 11) is 1.91. The Morgan fingerprint density at radius 1 is 1.47 bits per heavy atom. The predicted octanol–water partition coefficient (Wildman–Crippen LogP) is 4.60. The summed E-state index contributed by atoms with van der Waals surface area (Å²) in [6, 6.07) is 2.21. The maximum atomic E-state index is 13.1. The third-order valence-corrected chi connectivity index (χ3v) is 5.43. The fraction of sp³-hybridized carbons (Fsp3) is 0.667. The monoisotopic (exact) mass is 323 g/mol. The molecule has 1 N–H and O–H groups in total. The number of rotatable bonds is 3. The van der Waals surface area contributed by atoms with Gasteiger partial charge in [0.05, 0.1) is 0 Å². The fourth-order valence-electron chi connectivity index (χ4n) is 2.50. The molecule has 1 saturated carbocycles. The molecule has 1 nitrogen and oxygen atoms in total. The normalized spacial score (nSPS) is 22.6. The zero-order valence-corrected chi connectivity index (χ0v) is 12.1. The van der Waals surface area contributed by atoms with Crippen molar-refractivity contribution in [3.05, 3.63) is 20.8 Å². The lowest BCUT2D eigenvalue weighted by Crippen LogP contribution is -2.32. The third kappa shape index (κ3) is 3.06. The molecule has 1 unspecified atom stereocenters. The topological polar surface area (TPSA) is 12.0 Å². The lowest BCUT2D eigenvalue weighted by atomic mass is 9.81. The molecule has 1 fully saturated rings. The van der Waals surface area contributed by atoms with Crippen LogP contribution in [0.3, 0.4) is 0 Å². The lowest BCUT2D eigenvalue weighted by Gasteiger charge is -2.33. The number of hydrogen-bond acceptors (Lipinski definition) is 2. The minimum absolute atomic E-state index is 0.0266. The maximum Gasteiger partial charge on any atom is 0.248 e. The number of nitrogens with one attached hydrogen (secondary N) is 1. The third-order valence-electron chi connectivity index (χ3n) is 3.47. The molecule has 96 valence electrons. The van der Waals surface area contributed by atoms with Gasteiger partial charge in [-0.25, -0.2) is 8.78 Å². The Morgan fingerprint density at radius 2 is 2.12 bits per heavy atom. The van der Waals surface area contributed by atoms with E-state index in [1.807, 2.05) is 18.5 Å². The molecule has 0 aromatic carbocycles. The fourth-order valence-corrected chi connectivity index (χ4v) is 4.33. The lowest BCUT2D eigenvalue weighted by molar-refractivity contribution is -0.0493. The van der Waals surface area contributed by atoms with Crippen LogP contribution >= 0.6 is 27.3 Å². The van der Waals surface area contributed by atoms with Crippen molar-refractivity contribution in [2.24, 2.45) is 5.92 Å². The van der Waals surface area contributed by atoms with E-state index < -0.39 is 5.92 Å². The van der Waals surface area contributed by atoms with Crippen LogP contribution < -0.4 is 5.32 Å². The first-order valence-electron chi connectivity index (χ1n) is 5.81. The SMILES string of the molecule is CNC(c1sccc1Br)C1CCC(F)(F)CC1. The molecule has 2 rings (SSSR count). The van der Waals surface area contributed by atoms with E-state index in [0.29, 0.717) is 18.8 Å². The highest BCUT2D eigenvalue weighted by Crippen LogP contribution is 2.43. The van der Waals surface area contributed by atoms with Crippen molar-refractivity contribution in [2.45, 2.75) is 37.6 Å². The van der Waals surface area contributed by atoms with Crippen LogP contribution in [0, 0.1) is 5.92 Å². The van der Waals surface area contributed by atoms with Crippen LogP contribution in [0.25, 0.3) is 0 Å². The summed E-state index contributed by atoms with van der Waals surface area (Å²) in [6.07, 6.45) is 1.25. The highest BCUT2D eigenvalue weighted by molar-refractivity contribution is 9.10. The summed E-state index contributed by atoms with van der Waals surface area (Å²) in [5.41, 5.74) is 0. The Hall–Kier alpha value is -0.0000000000000000555. The molecule has 17 heavy (non-hydrogen) atoms. The van der Waals surface area contributed by atoms with Crippen molar-refractivity contribution in [1.82, 2.24) is 5.32 Å². The van der Waals surface area contributed by atoms with Crippen LogP contribution in [0.1, 0.15) is 36.6 Å². The van der Waals surface area contributed by atoms with Gasteiger partial charge in [-0.05, 0) is 53.2 Å². The molecular weight excluding hydrogens is 308 g/mol. The number of hydrogen-bond donors (Lipinski definition) is 1. The Morgan fingerprint density at radius 3 is 2.59 bits per heavy atom. The summed E-state index contributed by atoms with van der Waals surface area (Å²) in [5.74, 6) is -2.13. The zero-order chi connectivity index (χ0) is 12.5. The second kappa shape index (κ2) is 5.33. The highest BCUT2D eigenvalue weighted by atomic mass is 79.9. The van der Waals surface area contributed by atoms with Crippen molar-refractivity contribution in [2.75, 3.05) is 7.05 Å². The van der Waals surface area contributed by atoms with E-state index in [-0.39, 0.29) is 18.9 Å². The smallest absolute Gasteiger partial charge is 0.248 e. The standard InChI is InChI=1S/C12H16BrF2NS/c1-16-10(11-9(13)4-7-17-11)8-2-5-12(14,15)6-3-8/h4,7-8,10,16H,2-3,5-6H2,1H3. The summed E-state index contributed by atoms with van der Waals surface area (Å²) >= 11 is 5.20. The van der Waals surface area contributed by atoms with E-state index in [4.69, 9.17) is 0 Å². The molecule has 0 saturated heterocycles. The Balaban J connectivity index is 2.08. The number of alkyl halides is 2.